The Morgan fingerprint density at radius 1 is 1.25 bits per heavy atom. The van der Waals surface area contributed by atoms with Crippen molar-refractivity contribution in [1.82, 2.24) is 15.3 Å². The Hall–Kier alpha value is -1.39. The monoisotopic (exact) mass is 275 g/mol. The molecule has 1 aromatic carbocycles. The molecular formula is C16H25N3O. The van der Waals surface area contributed by atoms with Gasteiger partial charge < -0.3 is 5.32 Å². The van der Waals surface area contributed by atoms with E-state index in [1.165, 1.54) is 5.56 Å². The molecule has 2 rings (SSSR count). The van der Waals surface area contributed by atoms with E-state index in [-0.39, 0.29) is 11.3 Å². The van der Waals surface area contributed by atoms with Gasteiger partial charge in [-0.15, -0.1) is 0 Å². The molecule has 0 spiro atoms. The van der Waals surface area contributed by atoms with Crippen molar-refractivity contribution in [2.75, 3.05) is 34.2 Å². The van der Waals surface area contributed by atoms with Crippen molar-refractivity contribution in [2.24, 2.45) is 5.41 Å². The molecule has 1 N–H and O–H groups in total. The fourth-order valence-electron chi connectivity index (χ4n) is 2.89. The molecule has 0 radical (unpaired) electrons. The predicted molar refractivity (Wildman–Crippen MR) is 81.1 cm³/mol. The molecule has 0 aliphatic carbocycles. The van der Waals surface area contributed by atoms with Crippen LogP contribution in [0.25, 0.3) is 0 Å². The van der Waals surface area contributed by atoms with E-state index in [0.717, 1.165) is 32.4 Å². The molecule has 110 valence electrons. The third kappa shape index (κ3) is 3.19. The first-order chi connectivity index (χ1) is 9.55. The zero-order valence-electron chi connectivity index (χ0n) is 12.7. The number of nitrogens with one attached hydrogen (secondary N) is 1. The minimum Gasteiger partial charge on any atom is -0.316 e. The number of hydrogen-bond acceptors (Lipinski definition) is 3. The second-order valence-electron chi connectivity index (χ2n) is 5.90. The maximum Gasteiger partial charge on any atom is 0.244 e. The first-order valence-electron chi connectivity index (χ1n) is 7.25. The van der Waals surface area contributed by atoms with Crippen LogP contribution in [-0.2, 0) is 11.2 Å². The van der Waals surface area contributed by atoms with Crippen molar-refractivity contribution in [2.45, 2.75) is 19.3 Å². The zero-order chi connectivity index (χ0) is 14.6. The Bertz CT molecular complexity index is 438. The van der Waals surface area contributed by atoms with E-state index in [0.29, 0.717) is 0 Å². The number of amides is 1. The van der Waals surface area contributed by atoms with Crippen LogP contribution in [0.15, 0.2) is 30.3 Å². The van der Waals surface area contributed by atoms with Gasteiger partial charge in [0.25, 0.3) is 0 Å². The summed E-state index contributed by atoms with van der Waals surface area (Å²) in [6.07, 6.45) is 2.81. The van der Waals surface area contributed by atoms with Gasteiger partial charge in [-0.05, 0) is 31.4 Å². The topological polar surface area (TPSA) is 35.6 Å². The molecule has 1 fully saturated rings. The van der Waals surface area contributed by atoms with Crippen molar-refractivity contribution >= 4 is 5.91 Å². The number of carbonyl (C=O) groups is 1. The standard InChI is InChI=1S/C16H25N3O/c1-18(2)19(3)15(20)16(10-7-11-17-13-16)12-14-8-5-4-6-9-14/h4-6,8-9,17H,7,10-13H2,1-3H3/t16-/m0/s1. The third-order valence-electron chi connectivity index (χ3n) is 4.21. The maximum absolute atomic E-state index is 12.9. The van der Waals surface area contributed by atoms with Crippen LogP contribution in [0.1, 0.15) is 18.4 Å². The zero-order valence-corrected chi connectivity index (χ0v) is 12.7. The molecule has 1 amide bonds. The highest BCUT2D eigenvalue weighted by Crippen LogP contribution is 2.32. The van der Waals surface area contributed by atoms with Crippen molar-refractivity contribution in [3.8, 4) is 0 Å². The lowest BCUT2D eigenvalue weighted by molar-refractivity contribution is -0.154. The second-order valence-corrected chi connectivity index (χ2v) is 5.90. The van der Waals surface area contributed by atoms with Gasteiger partial charge in [0.15, 0.2) is 0 Å². The van der Waals surface area contributed by atoms with Crippen LogP contribution in [0.4, 0.5) is 0 Å². The fourth-order valence-corrected chi connectivity index (χ4v) is 2.89. The highest BCUT2D eigenvalue weighted by Gasteiger charge is 2.41. The van der Waals surface area contributed by atoms with E-state index in [1.807, 2.05) is 44.4 Å². The summed E-state index contributed by atoms with van der Waals surface area (Å²) in [4.78, 5) is 12.9. The molecule has 1 saturated heterocycles. The van der Waals surface area contributed by atoms with E-state index >= 15 is 0 Å². The van der Waals surface area contributed by atoms with Crippen LogP contribution in [-0.4, -0.2) is 50.2 Å². The lowest BCUT2D eigenvalue weighted by Gasteiger charge is -2.40. The second kappa shape index (κ2) is 6.37. The van der Waals surface area contributed by atoms with Crippen LogP contribution in [0, 0.1) is 5.41 Å². The summed E-state index contributed by atoms with van der Waals surface area (Å²) in [5.74, 6) is 0.207. The molecule has 20 heavy (non-hydrogen) atoms. The van der Waals surface area contributed by atoms with Crippen LogP contribution in [0.3, 0.4) is 0 Å². The van der Waals surface area contributed by atoms with Gasteiger partial charge in [0, 0.05) is 27.7 Å². The summed E-state index contributed by atoms with van der Waals surface area (Å²) in [5.41, 5.74) is 0.912. The molecule has 1 aromatic rings. The molecule has 1 heterocycles. The van der Waals surface area contributed by atoms with Crippen molar-refractivity contribution in [3.63, 3.8) is 0 Å². The van der Waals surface area contributed by atoms with Gasteiger partial charge in [-0.3, -0.25) is 9.80 Å². The molecule has 1 atom stereocenters. The van der Waals surface area contributed by atoms with Gasteiger partial charge in [0.05, 0.1) is 5.41 Å². The minimum atomic E-state index is -0.321. The molecule has 0 unspecified atom stereocenters. The highest BCUT2D eigenvalue weighted by molar-refractivity contribution is 5.83. The molecular weight excluding hydrogens is 250 g/mol. The van der Waals surface area contributed by atoms with Crippen molar-refractivity contribution in [3.05, 3.63) is 35.9 Å². The van der Waals surface area contributed by atoms with Gasteiger partial charge in [0.1, 0.15) is 0 Å². The summed E-state index contributed by atoms with van der Waals surface area (Å²) in [7, 11) is 5.67. The predicted octanol–water partition coefficient (Wildman–Crippen LogP) is 1.53. The van der Waals surface area contributed by atoms with Crippen LogP contribution in [0.2, 0.25) is 0 Å². The number of rotatable bonds is 4. The molecule has 0 aromatic heterocycles. The SMILES string of the molecule is CN(C)N(C)C(=O)[C@]1(Cc2ccccc2)CCCNC1. The number of carbonyl (C=O) groups excluding carboxylic acids is 1. The maximum atomic E-state index is 12.9. The normalized spacial score (nSPS) is 22.8. The number of benzene rings is 1. The van der Waals surface area contributed by atoms with E-state index in [9.17, 15) is 4.79 Å². The number of nitrogens with zero attached hydrogens (tertiary/aromatic N) is 2. The lowest BCUT2D eigenvalue weighted by atomic mass is 9.74. The van der Waals surface area contributed by atoms with Crippen LogP contribution < -0.4 is 5.32 Å². The molecule has 0 bridgehead atoms. The first kappa shape index (κ1) is 15.0. The Morgan fingerprint density at radius 2 is 1.95 bits per heavy atom. The number of hydrogen-bond donors (Lipinski definition) is 1. The fraction of sp³-hybridized carbons (Fsp3) is 0.562. The van der Waals surface area contributed by atoms with Gasteiger partial charge in [0.2, 0.25) is 5.91 Å². The summed E-state index contributed by atoms with van der Waals surface area (Å²) in [6.45, 7) is 1.77. The van der Waals surface area contributed by atoms with Crippen molar-refractivity contribution < 1.29 is 4.79 Å². The van der Waals surface area contributed by atoms with Gasteiger partial charge in [-0.1, -0.05) is 30.3 Å². The van der Waals surface area contributed by atoms with Gasteiger partial charge in [-0.25, -0.2) is 5.01 Å². The quantitative estimate of drug-likeness (QED) is 0.847. The smallest absolute Gasteiger partial charge is 0.244 e. The van der Waals surface area contributed by atoms with E-state index in [4.69, 9.17) is 0 Å². The Labute approximate surface area is 121 Å². The minimum absolute atomic E-state index is 0.207. The van der Waals surface area contributed by atoms with Crippen molar-refractivity contribution in [1.29, 1.82) is 0 Å². The van der Waals surface area contributed by atoms with Crippen LogP contribution >= 0.6 is 0 Å². The van der Waals surface area contributed by atoms with E-state index < -0.39 is 0 Å². The first-order valence-corrected chi connectivity index (χ1v) is 7.25. The summed E-state index contributed by atoms with van der Waals surface area (Å²) >= 11 is 0. The average Bonchev–Trinajstić information content (AvgIpc) is 2.47. The summed E-state index contributed by atoms with van der Waals surface area (Å²) < 4.78 is 0. The summed E-state index contributed by atoms with van der Waals surface area (Å²) in [6, 6.07) is 10.3. The van der Waals surface area contributed by atoms with E-state index in [2.05, 4.69) is 17.4 Å². The largest absolute Gasteiger partial charge is 0.316 e. The molecule has 0 saturated carbocycles. The lowest BCUT2D eigenvalue weighted by Crippen LogP contribution is -2.55. The Morgan fingerprint density at radius 3 is 2.50 bits per heavy atom. The molecule has 4 heteroatoms. The van der Waals surface area contributed by atoms with Crippen LogP contribution in [0.5, 0.6) is 0 Å². The Balaban J connectivity index is 2.23. The number of hydrazine groups is 1. The Kier molecular flexibility index (Phi) is 4.78. The summed E-state index contributed by atoms with van der Waals surface area (Å²) in [5, 5.41) is 6.99. The average molecular weight is 275 g/mol. The van der Waals surface area contributed by atoms with E-state index in [1.54, 1.807) is 5.01 Å². The molecule has 1 aliphatic heterocycles. The third-order valence-corrected chi connectivity index (χ3v) is 4.21. The highest BCUT2D eigenvalue weighted by atomic mass is 16.2. The van der Waals surface area contributed by atoms with Gasteiger partial charge in [-0.2, -0.15) is 0 Å². The number of piperidine rings is 1. The molecule has 4 nitrogen and oxygen atoms in total. The van der Waals surface area contributed by atoms with Gasteiger partial charge >= 0.3 is 0 Å². The molecule has 1 aliphatic rings.